The summed E-state index contributed by atoms with van der Waals surface area (Å²) in [6, 6.07) is 11.2. The second-order valence-corrected chi connectivity index (χ2v) is 7.85. The van der Waals surface area contributed by atoms with Gasteiger partial charge in [0, 0.05) is 17.6 Å². The lowest BCUT2D eigenvalue weighted by Crippen LogP contribution is -2.23. The predicted molar refractivity (Wildman–Crippen MR) is 111 cm³/mol. The second kappa shape index (κ2) is 6.55. The van der Waals surface area contributed by atoms with Gasteiger partial charge >= 0.3 is 0 Å². The van der Waals surface area contributed by atoms with E-state index in [0.717, 1.165) is 22.4 Å². The number of nitrogens with one attached hydrogen (secondary N) is 1. The number of anilines is 1. The Morgan fingerprint density at radius 2 is 1.93 bits per heavy atom. The summed E-state index contributed by atoms with van der Waals surface area (Å²) < 4.78 is 0. The van der Waals surface area contributed by atoms with Crippen LogP contribution >= 0.6 is 23.4 Å². The van der Waals surface area contributed by atoms with Gasteiger partial charge in [-0.1, -0.05) is 29.3 Å². The molecule has 0 radical (unpaired) electrons. The average molecular weight is 398 g/mol. The molecule has 4 rings (SSSR count). The molecule has 2 amide bonds. The first-order valence-electron chi connectivity index (χ1n) is 8.33. The molecule has 2 aromatic rings. The number of amides is 2. The van der Waals surface area contributed by atoms with Crippen molar-refractivity contribution in [3.63, 3.8) is 0 Å². The number of benzene rings is 2. The fraction of sp³-hybridized carbons (Fsp3) is 0.150. The zero-order valence-electron chi connectivity index (χ0n) is 15.0. The lowest BCUT2D eigenvalue weighted by atomic mass is 10.0. The number of hydrogen-bond acceptors (Lipinski definition) is 4. The molecule has 1 saturated heterocycles. The third-order valence-corrected chi connectivity index (χ3v) is 6.00. The minimum atomic E-state index is -0.315. The topological polar surface area (TPSA) is 61.8 Å². The normalized spacial score (nSPS) is 20.4. The Hall–Kier alpha value is -2.57. The molecule has 5 nitrogen and oxygen atoms in total. The number of rotatable bonds is 1. The Morgan fingerprint density at radius 3 is 2.70 bits per heavy atom. The van der Waals surface area contributed by atoms with Crippen molar-refractivity contribution in [3.05, 3.63) is 63.0 Å². The van der Waals surface area contributed by atoms with Crippen molar-refractivity contribution in [2.24, 2.45) is 4.99 Å². The van der Waals surface area contributed by atoms with Crippen LogP contribution in [0.15, 0.2) is 46.3 Å². The van der Waals surface area contributed by atoms with Crippen molar-refractivity contribution in [1.82, 2.24) is 5.32 Å². The lowest BCUT2D eigenvalue weighted by molar-refractivity contribution is -0.116. The van der Waals surface area contributed by atoms with E-state index in [1.807, 2.05) is 44.2 Å². The van der Waals surface area contributed by atoms with Crippen LogP contribution < -0.4 is 10.2 Å². The van der Waals surface area contributed by atoms with Crippen LogP contribution in [0.1, 0.15) is 16.7 Å². The van der Waals surface area contributed by atoms with Crippen LogP contribution in [-0.4, -0.2) is 24.0 Å². The number of carbonyl (C=O) groups excluding carboxylic acids is 2. The van der Waals surface area contributed by atoms with E-state index >= 15 is 0 Å². The van der Waals surface area contributed by atoms with Crippen LogP contribution in [0.5, 0.6) is 0 Å². The minimum absolute atomic E-state index is 0.187. The first-order valence-corrected chi connectivity index (χ1v) is 9.52. The van der Waals surface area contributed by atoms with Crippen molar-refractivity contribution in [2.75, 3.05) is 11.9 Å². The predicted octanol–water partition coefficient (Wildman–Crippen LogP) is 4.20. The number of nitrogens with zero attached hydrogens (tertiary/aromatic N) is 2. The highest BCUT2D eigenvalue weighted by atomic mass is 35.5. The summed E-state index contributed by atoms with van der Waals surface area (Å²) >= 11 is 7.32. The second-order valence-electron chi connectivity index (χ2n) is 6.45. The van der Waals surface area contributed by atoms with Crippen LogP contribution in [0.4, 0.5) is 11.4 Å². The van der Waals surface area contributed by atoms with Gasteiger partial charge in [0.2, 0.25) is 0 Å². The molecule has 136 valence electrons. The summed E-state index contributed by atoms with van der Waals surface area (Å²) in [7, 11) is 1.71. The van der Waals surface area contributed by atoms with Crippen LogP contribution in [0.25, 0.3) is 5.57 Å². The lowest BCUT2D eigenvalue weighted by Gasteiger charge is -2.08. The monoisotopic (exact) mass is 397 g/mol. The number of thioether (sulfide) groups is 1. The number of amidine groups is 1. The maximum Gasteiger partial charge on any atom is 0.264 e. The summed E-state index contributed by atoms with van der Waals surface area (Å²) in [6.45, 7) is 3.83. The molecule has 2 aliphatic heterocycles. The summed E-state index contributed by atoms with van der Waals surface area (Å²) in [5.74, 6) is -0.502. The van der Waals surface area contributed by atoms with Gasteiger partial charge in [-0.05, 0) is 55.4 Å². The Kier molecular flexibility index (Phi) is 4.32. The third-order valence-electron chi connectivity index (χ3n) is 4.61. The third kappa shape index (κ3) is 2.95. The van der Waals surface area contributed by atoms with E-state index in [1.165, 1.54) is 11.8 Å². The Bertz CT molecular complexity index is 1070. The van der Waals surface area contributed by atoms with Crippen LogP contribution in [0.2, 0.25) is 5.02 Å². The van der Waals surface area contributed by atoms with Gasteiger partial charge < -0.3 is 10.2 Å². The van der Waals surface area contributed by atoms with Crippen LogP contribution in [0.3, 0.4) is 0 Å². The van der Waals surface area contributed by atoms with Crippen molar-refractivity contribution >= 4 is 57.3 Å². The van der Waals surface area contributed by atoms with E-state index in [0.29, 0.717) is 26.4 Å². The molecule has 0 spiro atoms. The molecule has 0 bridgehead atoms. The smallest absolute Gasteiger partial charge is 0.264 e. The highest BCUT2D eigenvalue weighted by Crippen LogP contribution is 2.42. The summed E-state index contributed by atoms with van der Waals surface area (Å²) in [4.78, 5) is 31.8. The van der Waals surface area contributed by atoms with E-state index < -0.39 is 0 Å². The largest absolute Gasteiger partial charge is 0.311 e. The molecule has 2 aliphatic rings. The Morgan fingerprint density at radius 1 is 1.15 bits per heavy atom. The molecule has 0 aromatic heterocycles. The fourth-order valence-electron chi connectivity index (χ4n) is 3.12. The van der Waals surface area contributed by atoms with E-state index in [9.17, 15) is 9.59 Å². The SMILES string of the molecule is Cc1ccc2c(c1)/C(=C1/SC(=Nc3cccc(Cl)c3C)NC1=O)C(=O)N2C. The molecule has 2 aromatic carbocycles. The minimum Gasteiger partial charge on any atom is -0.311 e. The van der Waals surface area contributed by atoms with Gasteiger partial charge in [0.15, 0.2) is 5.17 Å². The maximum atomic E-state index is 12.8. The zero-order chi connectivity index (χ0) is 19.3. The molecule has 0 saturated carbocycles. The number of halogens is 1. The molecular weight excluding hydrogens is 382 g/mol. The standard InChI is InChI=1S/C20H16ClN3O2S/c1-10-7-8-15-12(9-10)16(19(26)24(15)3)17-18(25)23-20(27-17)22-14-6-4-5-13(21)11(14)2/h4-9H,1-3H3,(H,22,23,25)/b17-16-. The number of carbonyl (C=O) groups is 2. The van der Waals surface area contributed by atoms with E-state index in [-0.39, 0.29) is 11.8 Å². The van der Waals surface area contributed by atoms with Crippen LogP contribution in [-0.2, 0) is 9.59 Å². The molecule has 0 aliphatic carbocycles. The maximum absolute atomic E-state index is 12.8. The number of hydrogen-bond donors (Lipinski definition) is 1. The molecule has 7 heteroatoms. The number of aryl methyl sites for hydroxylation is 1. The van der Waals surface area contributed by atoms with E-state index in [4.69, 9.17) is 11.6 Å². The van der Waals surface area contributed by atoms with Gasteiger partial charge in [-0.25, -0.2) is 4.99 Å². The average Bonchev–Trinajstić information content (AvgIpc) is 3.09. The first kappa shape index (κ1) is 17.8. The highest BCUT2D eigenvalue weighted by Gasteiger charge is 2.38. The number of likely N-dealkylation sites (N-methyl/N-ethyl adjacent to an activating group) is 1. The number of aliphatic imine (C=N–C) groups is 1. The van der Waals surface area contributed by atoms with Crippen molar-refractivity contribution in [3.8, 4) is 0 Å². The fourth-order valence-corrected chi connectivity index (χ4v) is 4.21. The quantitative estimate of drug-likeness (QED) is 0.734. The van der Waals surface area contributed by atoms with Gasteiger partial charge in [-0.3, -0.25) is 9.59 Å². The molecule has 1 fully saturated rings. The summed E-state index contributed by atoms with van der Waals surface area (Å²) in [5.41, 5.74) is 4.55. The van der Waals surface area contributed by atoms with E-state index in [1.54, 1.807) is 18.0 Å². The van der Waals surface area contributed by atoms with Crippen molar-refractivity contribution in [2.45, 2.75) is 13.8 Å². The summed E-state index contributed by atoms with van der Waals surface area (Å²) in [5, 5.41) is 3.81. The van der Waals surface area contributed by atoms with Gasteiger partial charge in [-0.15, -0.1) is 0 Å². The van der Waals surface area contributed by atoms with Crippen LogP contribution in [0, 0.1) is 13.8 Å². The summed E-state index contributed by atoms with van der Waals surface area (Å²) in [6.07, 6.45) is 0. The van der Waals surface area contributed by atoms with E-state index in [2.05, 4.69) is 10.3 Å². The Balaban J connectivity index is 1.79. The first-order chi connectivity index (χ1) is 12.9. The molecule has 1 N–H and O–H groups in total. The molecule has 0 unspecified atom stereocenters. The van der Waals surface area contributed by atoms with Gasteiger partial charge in [0.1, 0.15) is 0 Å². The molecular formula is C20H16ClN3O2S. The molecule has 0 atom stereocenters. The Labute approximate surface area is 166 Å². The van der Waals surface area contributed by atoms with Gasteiger partial charge in [0.25, 0.3) is 11.8 Å². The van der Waals surface area contributed by atoms with Gasteiger partial charge in [-0.2, -0.15) is 0 Å². The van der Waals surface area contributed by atoms with Crippen molar-refractivity contribution in [1.29, 1.82) is 0 Å². The highest BCUT2D eigenvalue weighted by molar-refractivity contribution is 8.18. The number of fused-ring (bicyclic) bond motifs is 1. The van der Waals surface area contributed by atoms with Gasteiger partial charge in [0.05, 0.1) is 21.9 Å². The molecule has 27 heavy (non-hydrogen) atoms. The molecule has 2 heterocycles. The van der Waals surface area contributed by atoms with Crippen molar-refractivity contribution < 1.29 is 9.59 Å². The zero-order valence-corrected chi connectivity index (χ0v) is 16.5.